The van der Waals surface area contributed by atoms with Crippen LogP contribution in [0.2, 0.25) is 10.0 Å². The molecule has 1 fully saturated rings. The highest BCUT2D eigenvalue weighted by atomic mass is 35.5. The van der Waals surface area contributed by atoms with E-state index in [1.54, 1.807) is 0 Å². The molecule has 1 aliphatic rings. The van der Waals surface area contributed by atoms with Crippen LogP contribution in [-0.4, -0.2) is 15.2 Å². The number of thiocarbonyl (C=S) groups is 1. The molecule has 0 spiro atoms. The number of hydrogen-bond donors (Lipinski definition) is 1. The molecule has 19 heavy (non-hydrogen) atoms. The lowest BCUT2D eigenvalue weighted by atomic mass is 10.2. The first-order valence-electron chi connectivity index (χ1n) is 4.77. The van der Waals surface area contributed by atoms with E-state index in [4.69, 9.17) is 35.4 Å². The molecule has 1 amide bonds. The summed E-state index contributed by atoms with van der Waals surface area (Å²) in [6.45, 7) is 0. The predicted molar refractivity (Wildman–Crippen MR) is 79.4 cm³/mol. The number of nitrogens with one attached hydrogen (secondary N) is 1. The van der Waals surface area contributed by atoms with Crippen LogP contribution in [0.1, 0.15) is 5.56 Å². The molecule has 0 radical (unpaired) electrons. The Kier molecular flexibility index (Phi) is 4.10. The highest BCUT2D eigenvalue weighted by Crippen LogP contribution is 2.34. The zero-order valence-electron chi connectivity index (χ0n) is 8.98. The van der Waals surface area contributed by atoms with Gasteiger partial charge in [0.25, 0.3) is 11.6 Å². The van der Waals surface area contributed by atoms with Gasteiger partial charge in [-0.05, 0) is 12.1 Å². The number of nitro groups is 1. The molecule has 1 aromatic carbocycles. The van der Waals surface area contributed by atoms with Crippen LogP contribution in [0, 0.1) is 10.1 Å². The van der Waals surface area contributed by atoms with Crippen molar-refractivity contribution >= 4 is 69.2 Å². The first-order valence-corrected chi connectivity index (χ1v) is 6.75. The normalized spacial score (nSPS) is 16.8. The summed E-state index contributed by atoms with van der Waals surface area (Å²) >= 11 is 17.6. The van der Waals surface area contributed by atoms with E-state index in [0.717, 1.165) is 11.8 Å². The summed E-state index contributed by atoms with van der Waals surface area (Å²) in [6, 6.07) is 2.48. The van der Waals surface area contributed by atoms with E-state index in [1.165, 1.54) is 18.2 Å². The highest BCUT2D eigenvalue weighted by molar-refractivity contribution is 8.26. The topological polar surface area (TPSA) is 72.2 Å². The molecule has 1 aromatic rings. The lowest BCUT2D eigenvalue weighted by molar-refractivity contribution is -0.384. The predicted octanol–water partition coefficient (Wildman–Crippen LogP) is 3.39. The Balaban J connectivity index is 2.49. The molecule has 0 aromatic heterocycles. The fraction of sp³-hybridized carbons (Fsp3) is 0. The Morgan fingerprint density at radius 2 is 2.05 bits per heavy atom. The van der Waals surface area contributed by atoms with E-state index in [-0.39, 0.29) is 21.6 Å². The molecule has 0 atom stereocenters. The standard InChI is InChI=1S/C10H4Cl2N2O3S2/c11-5-3-6(12)7(14(16)17)1-4(5)2-8-9(15)13-10(18)19-8/h1-3H,(H,13,15,18)/b8-2+. The third-order valence-corrected chi connectivity index (χ3v) is 3.98. The number of nitrogens with zero attached hydrogens (tertiary/aromatic N) is 1. The minimum atomic E-state index is -0.618. The Labute approximate surface area is 127 Å². The smallest absolute Gasteiger partial charge is 0.288 e. The number of amides is 1. The average Bonchev–Trinajstić information content (AvgIpc) is 2.60. The molecule has 98 valence electrons. The van der Waals surface area contributed by atoms with Crippen molar-refractivity contribution in [2.24, 2.45) is 0 Å². The molecule has 1 heterocycles. The van der Waals surface area contributed by atoms with Crippen molar-refractivity contribution in [3.05, 3.63) is 42.8 Å². The van der Waals surface area contributed by atoms with Gasteiger partial charge in [-0.3, -0.25) is 14.9 Å². The van der Waals surface area contributed by atoms with Gasteiger partial charge in [-0.1, -0.05) is 47.2 Å². The molecule has 1 saturated heterocycles. The van der Waals surface area contributed by atoms with E-state index in [2.05, 4.69) is 5.32 Å². The van der Waals surface area contributed by atoms with Crippen LogP contribution < -0.4 is 5.32 Å². The molecule has 9 heteroatoms. The summed E-state index contributed by atoms with van der Waals surface area (Å²) in [5.41, 5.74) is 0.0593. The monoisotopic (exact) mass is 334 g/mol. The van der Waals surface area contributed by atoms with Gasteiger partial charge >= 0.3 is 0 Å². The van der Waals surface area contributed by atoms with Crippen LogP contribution >= 0.6 is 47.2 Å². The van der Waals surface area contributed by atoms with Crippen molar-refractivity contribution in [3.63, 3.8) is 0 Å². The van der Waals surface area contributed by atoms with Crippen molar-refractivity contribution < 1.29 is 9.72 Å². The van der Waals surface area contributed by atoms with Gasteiger partial charge in [0, 0.05) is 16.7 Å². The number of carbonyl (C=O) groups is 1. The van der Waals surface area contributed by atoms with Crippen molar-refractivity contribution in [2.75, 3.05) is 0 Å². The number of rotatable bonds is 2. The van der Waals surface area contributed by atoms with Crippen LogP contribution in [-0.2, 0) is 4.79 Å². The number of hydrogen-bond acceptors (Lipinski definition) is 5. The molecule has 0 saturated carbocycles. The van der Waals surface area contributed by atoms with Crippen LogP contribution in [0.25, 0.3) is 6.08 Å². The number of benzene rings is 1. The van der Waals surface area contributed by atoms with Gasteiger partial charge in [0.15, 0.2) is 0 Å². The van der Waals surface area contributed by atoms with Crippen molar-refractivity contribution in [1.29, 1.82) is 0 Å². The number of halogens is 2. The second-order valence-electron chi connectivity index (χ2n) is 3.43. The van der Waals surface area contributed by atoms with E-state index in [9.17, 15) is 14.9 Å². The maximum atomic E-state index is 11.5. The fourth-order valence-corrected chi connectivity index (χ4v) is 2.91. The Morgan fingerprint density at radius 3 is 2.58 bits per heavy atom. The quantitative estimate of drug-likeness (QED) is 0.388. The van der Waals surface area contributed by atoms with Crippen molar-refractivity contribution in [3.8, 4) is 0 Å². The maximum absolute atomic E-state index is 11.5. The second kappa shape index (κ2) is 5.46. The summed E-state index contributed by atoms with van der Waals surface area (Å²) in [6.07, 6.45) is 1.44. The number of nitro benzene ring substituents is 1. The van der Waals surface area contributed by atoms with Crippen molar-refractivity contribution in [2.45, 2.75) is 0 Å². The van der Waals surface area contributed by atoms with Crippen molar-refractivity contribution in [1.82, 2.24) is 5.32 Å². The second-order valence-corrected chi connectivity index (χ2v) is 5.97. The first-order chi connectivity index (χ1) is 8.88. The Hall–Kier alpha value is -1.15. The third kappa shape index (κ3) is 3.06. The minimum Gasteiger partial charge on any atom is -0.307 e. The molecule has 0 unspecified atom stereocenters. The number of thioether (sulfide) groups is 1. The summed E-state index contributed by atoms with van der Waals surface area (Å²) in [7, 11) is 0. The Morgan fingerprint density at radius 1 is 1.37 bits per heavy atom. The van der Waals surface area contributed by atoms with E-state index >= 15 is 0 Å². The molecule has 1 N–H and O–H groups in total. The zero-order chi connectivity index (χ0) is 14.2. The summed E-state index contributed by atoms with van der Waals surface area (Å²) in [5, 5.41) is 13.4. The lowest BCUT2D eigenvalue weighted by Crippen LogP contribution is -2.17. The van der Waals surface area contributed by atoms with E-state index in [1.807, 2.05) is 0 Å². The SMILES string of the molecule is O=C1NC(=S)S/C1=C/c1cc([N+](=O)[O-])c(Cl)cc1Cl. The minimum absolute atomic E-state index is 0.0591. The third-order valence-electron chi connectivity index (χ3n) is 2.19. The molecule has 5 nitrogen and oxygen atoms in total. The summed E-state index contributed by atoms with van der Waals surface area (Å²) < 4.78 is 0.329. The zero-order valence-corrected chi connectivity index (χ0v) is 12.1. The highest BCUT2D eigenvalue weighted by Gasteiger charge is 2.23. The van der Waals surface area contributed by atoms with Gasteiger partial charge in [0.05, 0.1) is 9.83 Å². The van der Waals surface area contributed by atoms with Gasteiger partial charge in [-0.2, -0.15) is 0 Å². The van der Waals surface area contributed by atoms with Crippen LogP contribution in [0.5, 0.6) is 0 Å². The fourth-order valence-electron chi connectivity index (χ4n) is 1.37. The maximum Gasteiger partial charge on any atom is 0.288 e. The molecule has 1 aliphatic heterocycles. The van der Waals surface area contributed by atoms with E-state index in [0.29, 0.717) is 14.8 Å². The molecular formula is C10H4Cl2N2O3S2. The summed E-state index contributed by atoms with van der Waals surface area (Å²) in [4.78, 5) is 22.0. The van der Waals surface area contributed by atoms with Gasteiger partial charge in [-0.15, -0.1) is 0 Å². The molecule has 0 aliphatic carbocycles. The molecular weight excluding hydrogens is 331 g/mol. The van der Waals surface area contributed by atoms with Crippen LogP contribution in [0.15, 0.2) is 17.0 Å². The van der Waals surface area contributed by atoms with Crippen LogP contribution in [0.4, 0.5) is 5.69 Å². The first kappa shape index (κ1) is 14.3. The average molecular weight is 335 g/mol. The van der Waals surface area contributed by atoms with Gasteiger partial charge < -0.3 is 5.32 Å². The lowest BCUT2D eigenvalue weighted by Gasteiger charge is -2.01. The van der Waals surface area contributed by atoms with Crippen LogP contribution in [0.3, 0.4) is 0 Å². The molecule has 0 bridgehead atoms. The largest absolute Gasteiger partial charge is 0.307 e. The molecule has 2 rings (SSSR count). The number of carbonyl (C=O) groups excluding carboxylic acids is 1. The van der Waals surface area contributed by atoms with Gasteiger partial charge in [-0.25, -0.2) is 0 Å². The van der Waals surface area contributed by atoms with Gasteiger partial charge in [0.2, 0.25) is 0 Å². The van der Waals surface area contributed by atoms with E-state index < -0.39 is 4.92 Å². The summed E-state index contributed by atoms with van der Waals surface area (Å²) in [5.74, 6) is -0.358. The Bertz CT molecular complexity index is 646. The van der Waals surface area contributed by atoms with Gasteiger partial charge in [0.1, 0.15) is 9.34 Å².